The summed E-state index contributed by atoms with van der Waals surface area (Å²) in [6.45, 7) is 8.98. The molecule has 352 valence electrons. The Bertz CT molecular complexity index is 2350. The summed E-state index contributed by atoms with van der Waals surface area (Å²) in [6, 6.07) is 23.1. The van der Waals surface area contributed by atoms with Gasteiger partial charge in [-0.15, -0.1) is 0 Å². The van der Waals surface area contributed by atoms with Gasteiger partial charge in [-0.1, -0.05) is 100 Å². The van der Waals surface area contributed by atoms with Crippen LogP contribution >= 0.6 is 0 Å². The number of rotatable bonds is 14. The van der Waals surface area contributed by atoms with Crippen LogP contribution in [0.2, 0.25) is 0 Å². The average molecular weight is 910 g/mol. The lowest BCUT2D eigenvalue weighted by atomic mass is 9.44. The number of aliphatic hydroxyl groups excluding tert-OH is 2. The Morgan fingerprint density at radius 2 is 1.47 bits per heavy atom. The molecule has 3 fully saturated rings. The number of Topliss-reactive ketones (excluding diaryl/α,β-unsaturated/α-hetero) is 1. The SMILES string of the molecule is CCCCCC(=O)O[C@H]1C(=O)[C@@]2(C)C([C@H](OC(=O)c3ccccc3)[C@]3(O)C[C@H](OC(=O)[C@H](O)[C@@H](NC(=O)c4ccccc4)c4ccccc4)C(C)=C1C3(C)C)[C@]1(OC(C)=O)CO[C@@H]1C[C@@H]2O. The van der Waals surface area contributed by atoms with Crippen LogP contribution in [0.1, 0.15) is 112 Å². The summed E-state index contributed by atoms with van der Waals surface area (Å²) < 4.78 is 30.9. The predicted octanol–water partition coefficient (Wildman–Crippen LogP) is 5.30. The fraction of sp³-hybridized carbons (Fsp3) is 0.490. The van der Waals surface area contributed by atoms with Crippen molar-refractivity contribution in [2.45, 2.75) is 134 Å². The maximum atomic E-state index is 15.8. The van der Waals surface area contributed by atoms with Crippen molar-refractivity contribution < 1.29 is 67.8 Å². The smallest absolute Gasteiger partial charge is 0.338 e. The lowest BCUT2D eigenvalue weighted by molar-refractivity contribution is -0.346. The van der Waals surface area contributed by atoms with Gasteiger partial charge < -0.3 is 44.3 Å². The summed E-state index contributed by atoms with van der Waals surface area (Å²) in [7, 11) is 0. The van der Waals surface area contributed by atoms with Gasteiger partial charge in [-0.3, -0.25) is 19.2 Å². The lowest BCUT2D eigenvalue weighted by Gasteiger charge is -2.67. The predicted molar refractivity (Wildman–Crippen MR) is 236 cm³/mol. The van der Waals surface area contributed by atoms with Crippen LogP contribution in [0, 0.1) is 16.7 Å². The van der Waals surface area contributed by atoms with Crippen LogP contribution in [-0.4, -0.2) is 105 Å². The molecule has 15 nitrogen and oxygen atoms in total. The largest absolute Gasteiger partial charge is 0.456 e. The molecule has 15 heteroatoms. The molecular weight excluding hydrogens is 851 g/mol. The zero-order valence-corrected chi connectivity index (χ0v) is 38.1. The van der Waals surface area contributed by atoms with Crippen molar-refractivity contribution >= 4 is 35.6 Å². The summed E-state index contributed by atoms with van der Waals surface area (Å²) in [4.78, 5) is 85.1. The van der Waals surface area contributed by atoms with Gasteiger partial charge in [0, 0.05) is 37.2 Å². The Morgan fingerprint density at radius 1 is 0.864 bits per heavy atom. The van der Waals surface area contributed by atoms with E-state index in [-0.39, 0.29) is 41.7 Å². The van der Waals surface area contributed by atoms with Gasteiger partial charge in [0.2, 0.25) is 0 Å². The van der Waals surface area contributed by atoms with Crippen molar-refractivity contribution in [3.05, 3.63) is 119 Å². The number of amides is 1. The van der Waals surface area contributed by atoms with E-state index < -0.39 is 113 Å². The number of aliphatic hydroxyl groups is 3. The fourth-order valence-corrected chi connectivity index (χ4v) is 10.7. The molecule has 3 aromatic rings. The molecule has 2 bridgehead atoms. The third kappa shape index (κ3) is 8.46. The molecule has 0 aromatic heterocycles. The summed E-state index contributed by atoms with van der Waals surface area (Å²) >= 11 is 0. The molecule has 7 rings (SSSR count). The van der Waals surface area contributed by atoms with Crippen molar-refractivity contribution in [1.82, 2.24) is 5.32 Å². The summed E-state index contributed by atoms with van der Waals surface area (Å²) in [6.07, 6.45) is -8.65. The first-order chi connectivity index (χ1) is 31.3. The zero-order valence-electron chi connectivity index (χ0n) is 38.1. The van der Waals surface area contributed by atoms with Crippen LogP contribution in [-0.2, 0) is 42.9 Å². The first-order valence-electron chi connectivity index (χ1n) is 22.5. The number of ketones is 1. The molecule has 1 aliphatic heterocycles. The van der Waals surface area contributed by atoms with Crippen LogP contribution in [0.15, 0.2) is 102 Å². The Balaban J connectivity index is 1.40. The minimum atomic E-state index is -2.40. The van der Waals surface area contributed by atoms with E-state index in [2.05, 4.69) is 5.32 Å². The number of ether oxygens (including phenoxy) is 5. The maximum absolute atomic E-state index is 15.8. The molecule has 11 atom stereocenters. The number of carbonyl (C=O) groups excluding carboxylic acids is 6. The molecule has 1 amide bonds. The number of nitrogens with one attached hydrogen (secondary N) is 1. The third-order valence-corrected chi connectivity index (χ3v) is 14.4. The van der Waals surface area contributed by atoms with Crippen LogP contribution in [0.3, 0.4) is 0 Å². The Morgan fingerprint density at radius 3 is 2.05 bits per heavy atom. The highest BCUT2D eigenvalue weighted by molar-refractivity contribution is 5.96. The van der Waals surface area contributed by atoms with E-state index in [4.69, 9.17) is 23.7 Å². The standard InChI is InChI=1S/C51H59NO14/c1-7-8-12-25-37(55)64-41-38-29(2)34(63-47(60)40(56)39(31-19-13-9-14-20-31)52-45(58)32-21-15-10-16-22-32)27-51(61,48(38,4)5)44(65-46(59)33-23-17-11-18-24-33)42-49(6,43(41)57)35(54)26-36-50(42,28-62-36)66-30(3)53/h9-11,13-24,34-36,39-42,44,54,56,61H,7-8,12,25-28H2,1-6H3,(H,52,58)/t34-,35-,36+,39-,40+,41+,42?,44-,49+,50-,51+/m0/s1. The molecule has 2 saturated carbocycles. The Labute approximate surface area is 383 Å². The monoisotopic (exact) mass is 909 g/mol. The van der Waals surface area contributed by atoms with Crippen molar-refractivity contribution in [3.8, 4) is 0 Å². The molecule has 4 N–H and O–H groups in total. The number of carbonyl (C=O) groups is 6. The van der Waals surface area contributed by atoms with Crippen molar-refractivity contribution in [2.24, 2.45) is 16.7 Å². The molecule has 0 radical (unpaired) electrons. The third-order valence-electron chi connectivity index (χ3n) is 14.4. The summed E-state index contributed by atoms with van der Waals surface area (Å²) in [5, 5.41) is 40.7. The number of esters is 4. The quantitative estimate of drug-likeness (QED) is 0.0699. The first-order valence-corrected chi connectivity index (χ1v) is 22.5. The highest BCUT2D eigenvalue weighted by Crippen LogP contribution is 2.64. The topological polar surface area (TPSA) is 221 Å². The second-order valence-electron chi connectivity index (χ2n) is 18.7. The van der Waals surface area contributed by atoms with E-state index in [1.165, 1.54) is 26.0 Å². The molecule has 3 aliphatic carbocycles. The Hall–Kier alpha value is -5.74. The minimum Gasteiger partial charge on any atom is -0.456 e. The van der Waals surface area contributed by atoms with E-state index >= 15 is 4.79 Å². The average Bonchev–Trinajstić information content (AvgIpc) is 3.29. The van der Waals surface area contributed by atoms with Gasteiger partial charge in [-0.2, -0.15) is 0 Å². The number of hydrogen-bond acceptors (Lipinski definition) is 14. The zero-order chi connectivity index (χ0) is 47.8. The molecule has 0 spiro atoms. The summed E-state index contributed by atoms with van der Waals surface area (Å²) in [5.41, 5.74) is -6.98. The van der Waals surface area contributed by atoms with Gasteiger partial charge in [-0.25, -0.2) is 9.59 Å². The Kier molecular flexibility index (Phi) is 13.8. The first kappa shape index (κ1) is 48.2. The van der Waals surface area contributed by atoms with Crippen LogP contribution < -0.4 is 5.32 Å². The van der Waals surface area contributed by atoms with Gasteiger partial charge in [0.05, 0.1) is 35.6 Å². The normalized spacial score (nSPS) is 30.7. The van der Waals surface area contributed by atoms with E-state index in [9.17, 15) is 39.3 Å². The van der Waals surface area contributed by atoms with Gasteiger partial charge in [-0.05, 0) is 61.2 Å². The number of fused-ring (bicyclic) bond motifs is 5. The van der Waals surface area contributed by atoms with Crippen molar-refractivity contribution in [3.63, 3.8) is 0 Å². The van der Waals surface area contributed by atoms with Crippen LogP contribution in [0.5, 0.6) is 0 Å². The summed E-state index contributed by atoms with van der Waals surface area (Å²) in [5.74, 6) is -6.64. The van der Waals surface area contributed by atoms with Crippen LogP contribution in [0.25, 0.3) is 0 Å². The molecule has 1 unspecified atom stereocenters. The molecule has 1 saturated heterocycles. The maximum Gasteiger partial charge on any atom is 0.338 e. The number of hydrogen-bond donors (Lipinski definition) is 4. The highest BCUT2D eigenvalue weighted by atomic mass is 16.6. The van der Waals surface area contributed by atoms with Gasteiger partial charge >= 0.3 is 23.9 Å². The molecular formula is C51H59NO14. The van der Waals surface area contributed by atoms with Crippen molar-refractivity contribution in [1.29, 1.82) is 0 Å². The van der Waals surface area contributed by atoms with Gasteiger partial charge in [0.1, 0.15) is 23.9 Å². The van der Waals surface area contributed by atoms with Crippen molar-refractivity contribution in [2.75, 3.05) is 6.61 Å². The van der Waals surface area contributed by atoms with E-state index in [1.54, 1.807) is 99.6 Å². The molecule has 4 aliphatic rings. The van der Waals surface area contributed by atoms with E-state index in [1.807, 2.05) is 6.92 Å². The fourth-order valence-electron chi connectivity index (χ4n) is 10.7. The highest BCUT2D eigenvalue weighted by Gasteiger charge is 2.78. The number of unbranched alkanes of at least 4 members (excludes halogenated alkanes) is 2. The van der Waals surface area contributed by atoms with E-state index in [0.29, 0.717) is 18.4 Å². The molecule has 1 heterocycles. The van der Waals surface area contributed by atoms with E-state index in [0.717, 1.165) is 6.42 Å². The minimum absolute atomic E-state index is 0.0236. The molecule has 3 aromatic carbocycles. The number of benzene rings is 3. The van der Waals surface area contributed by atoms with Crippen LogP contribution in [0.4, 0.5) is 0 Å². The van der Waals surface area contributed by atoms with Gasteiger partial charge in [0.25, 0.3) is 5.91 Å². The molecule has 66 heavy (non-hydrogen) atoms. The second kappa shape index (κ2) is 18.9. The van der Waals surface area contributed by atoms with Gasteiger partial charge in [0.15, 0.2) is 23.6 Å². The second-order valence-corrected chi connectivity index (χ2v) is 18.7. The lowest BCUT2D eigenvalue weighted by Crippen LogP contribution is -2.82.